The molecule has 0 heterocycles. The number of carbonyl (C=O) groups excluding carboxylic acids is 1. The van der Waals surface area contributed by atoms with Crippen molar-refractivity contribution in [3.05, 3.63) is 28.3 Å². The monoisotopic (exact) mass is 225 g/mol. The summed E-state index contributed by atoms with van der Waals surface area (Å²) in [5.41, 5.74) is 0.409. The van der Waals surface area contributed by atoms with E-state index in [0.717, 1.165) is 0 Å². The van der Waals surface area contributed by atoms with Crippen LogP contribution < -0.4 is 4.74 Å². The summed E-state index contributed by atoms with van der Waals surface area (Å²) in [6, 6.07) is 4.71. The molecule has 15 heavy (non-hydrogen) atoms. The number of nitrogens with zero attached hydrogens (tertiary/aromatic N) is 1. The van der Waals surface area contributed by atoms with Crippen molar-refractivity contribution >= 4 is 17.6 Å². The lowest BCUT2D eigenvalue weighted by Gasteiger charge is -2.07. The topological polar surface area (TPSA) is 59.3 Å². The van der Waals surface area contributed by atoms with Gasteiger partial charge in [-0.15, -0.1) is 0 Å². The number of rotatable bonds is 2. The Hall–Kier alpha value is -1.73. The van der Waals surface area contributed by atoms with E-state index < -0.39 is 5.97 Å². The molecule has 5 heteroatoms. The van der Waals surface area contributed by atoms with Crippen molar-refractivity contribution in [2.24, 2.45) is 0 Å². The molecular weight excluding hydrogens is 218 g/mol. The van der Waals surface area contributed by atoms with E-state index in [1.165, 1.54) is 26.4 Å². The van der Waals surface area contributed by atoms with Crippen LogP contribution in [-0.2, 0) is 4.74 Å². The van der Waals surface area contributed by atoms with Gasteiger partial charge in [0.05, 0.1) is 36.4 Å². The van der Waals surface area contributed by atoms with Crippen LogP contribution in [0.5, 0.6) is 5.75 Å². The fraction of sp³-hybridized carbons (Fsp3) is 0.200. The molecule has 0 aliphatic heterocycles. The Balaban J connectivity index is 3.38. The van der Waals surface area contributed by atoms with Crippen LogP contribution in [-0.4, -0.2) is 20.2 Å². The second-order valence-electron chi connectivity index (χ2n) is 2.64. The Morgan fingerprint density at radius 2 is 2.13 bits per heavy atom. The Bertz CT molecular complexity index is 437. The van der Waals surface area contributed by atoms with Gasteiger partial charge in [0.15, 0.2) is 0 Å². The molecule has 0 aromatic heterocycles. The number of methoxy groups -OCH3 is 2. The van der Waals surface area contributed by atoms with Gasteiger partial charge in [-0.05, 0) is 12.1 Å². The summed E-state index contributed by atoms with van der Waals surface area (Å²) < 4.78 is 9.46. The van der Waals surface area contributed by atoms with Crippen molar-refractivity contribution in [3.8, 4) is 11.8 Å². The second-order valence-corrected chi connectivity index (χ2v) is 3.02. The number of ether oxygens (including phenoxy) is 2. The molecule has 0 unspecified atom stereocenters. The molecule has 1 rings (SSSR count). The van der Waals surface area contributed by atoms with Crippen molar-refractivity contribution in [3.63, 3.8) is 0 Å². The molecule has 78 valence electrons. The molecule has 0 spiro atoms. The predicted molar refractivity (Wildman–Crippen MR) is 54.1 cm³/mol. The first-order valence-electron chi connectivity index (χ1n) is 4.00. The summed E-state index contributed by atoms with van der Waals surface area (Å²) in [5, 5.41) is 8.87. The van der Waals surface area contributed by atoms with Crippen molar-refractivity contribution in [1.29, 1.82) is 5.26 Å². The molecule has 1 aromatic carbocycles. The molecule has 0 aliphatic carbocycles. The minimum Gasteiger partial charge on any atom is -0.495 e. The molecule has 0 saturated heterocycles. The third-order valence-corrected chi connectivity index (χ3v) is 2.18. The van der Waals surface area contributed by atoms with Crippen LogP contribution >= 0.6 is 11.6 Å². The zero-order valence-corrected chi connectivity index (χ0v) is 8.96. The van der Waals surface area contributed by atoms with E-state index in [1.807, 2.05) is 6.07 Å². The molecule has 0 radical (unpaired) electrons. The summed E-state index contributed by atoms with van der Waals surface area (Å²) in [7, 11) is 2.65. The van der Waals surface area contributed by atoms with Crippen molar-refractivity contribution < 1.29 is 14.3 Å². The van der Waals surface area contributed by atoms with E-state index in [0.29, 0.717) is 0 Å². The zero-order valence-electron chi connectivity index (χ0n) is 8.20. The summed E-state index contributed by atoms with van der Waals surface area (Å²) >= 11 is 5.88. The summed E-state index contributed by atoms with van der Waals surface area (Å²) in [4.78, 5) is 11.3. The van der Waals surface area contributed by atoms with Crippen molar-refractivity contribution in [2.75, 3.05) is 14.2 Å². The highest BCUT2D eigenvalue weighted by atomic mass is 35.5. The minimum absolute atomic E-state index is 0.120. The number of hydrogen-bond donors (Lipinski definition) is 0. The van der Waals surface area contributed by atoms with Gasteiger partial charge in [-0.3, -0.25) is 0 Å². The standard InChI is InChI=1S/C10H8ClNO3/c1-14-8-4-6(5-12)3-7(9(8)11)10(13)15-2/h3-4H,1-2H3. The third-order valence-electron chi connectivity index (χ3n) is 1.79. The van der Waals surface area contributed by atoms with E-state index >= 15 is 0 Å². The quantitative estimate of drug-likeness (QED) is 0.723. The first-order valence-corrected chi connectivity index (χ1v) is 4.37. The van der Waals surface area contributed by atoms with Crippen LogP contribution in [0.2, 0.25) is 5.02 Å². The van der Waals surface area contributed by atoms with Gasteiger partial charge in [-0.25, -0.2) is 4.79 Å². The number of benzene rings is 1. The smallest absolute Gasteiger partial charge is 0.339 e. The lowest BCUT2D eigenvalue weighted by Crippen LogP contribution is -2.03. The Morgan fingerprint density at radius 3 is 2.60 bits per heavy atom. The van der Waals surface area contributed by atoms with E-state index in [-0.39, 0.29) is 21.9 Å². The van der Waals surface area contributed by atoms with E-state index in [9.17, 15) is 4.79 Å². The van der Waals surface area contributed by atoms with Crippen LogP contribution in [0.3, 0.4) is 0 Å². The molecule has 0 atom stereocenters. The molecule has 0 fully saturated rings. The summed E-state index contributed by atoms with van der Waals surface area (Å²) in [6.45, 7) is 0. The summed E-state index contributed by atoms with van der Waals surface area (Å²) in [5.74, 6) is -0.327. The van der Waals surface area contributed by atoms with Gasteiger partial charge in [0, 0.05) is 0 Å². The van der Waals surface area contributed by atoms with E-state index in [1.54, 1.807) is 0 Å². The third kappa shape index (κ3) is 2.20. The molecule has 0 aliphatic rings. The molecule has 4 nitrogen and oxygen atoms in total. The first kappa shape index (κ1) is 11.3. The second kappa shape index (κ2) is 4.67. The first-order chi connectivity index (χ1) is 7.13. The van der Waals surface area contributed by atoms with Crippen LogP contribution in [0, 0.1) is 11.3 Å². The highest BCUT2D eigenvalue weighted by Crippen LogP contribution is 2.30. The highest BCUT2D eigenvalue weighted by molar-refractivity contribution is 6.35. The minimum atomic E-state index is -0.601. The molecular formula is C10H8ClNO3. The van der Waals surface area contributed by atoms with Gasteiger partial charge in [-0.2, -0.15) is 5.26 Å². The van der Waals surface area contributed by atoms with Gasteiger partial charge in [0.2, 0.25) is 0 Å². The maximum Gasteiger partial charge on any atom is 0.339 e. The Labute approximate surface area is 92.0 Å². The van der Waals surface area contributed by atoms with Gasteiger partial charge in [0.25, 0.3) is 0 Å². The SMILES string of the molecule is COC(=O)c1cc(C#N)cc(OC)c1Cl. The van der Waals surface area contributed by atoms with Crippen LogP contribution in [0.25, 0.3) is 0 Å². The molecule has 0 bridgehead atoms. The van der Waals surface area contributed by atoms with Gasteiger partial charge < -0.3 is 9.47 Å². The van der Waals surface area contributed by atoms with Gasteiger partial charge in [0.1, 0.15) is 5.75 Å². The van der Waals surface area contributed by atoms with Gasteiger partial charge >= 0.3 is 5.97 Å². The van der Waals surface area contributed by atoms with Crippen LogP contribution in [0.15, 0.2) is 12.1 Å². The summed E-state index contributed by atoms with van der Waals surface area (Å²) in [6.07, 6.45) is 0. The average molecular weight is 226 g/mol. The molecule has 1 aromatic rings. The van der Waals surface area contributed by atoms with E-state index in [2.05, 4.69) is 4.74 Å². The largest absolute Gasteiger partial charge is 0.495 e. The van der Waals surface area contributed by atoms with Crippen molar-refractivity contribution in [2.45, 2.75) is 0 Å². The maximum absolute atomic E-state index is 11.3. The highest BCUT2D eigenvalue weighted by Gasteiger charge is 2.16. The normalized spacial score (nSPS) is 9.20. The predicted octanol–water partition coefficient (Wildman–Crippen LogP) is 2.01. The maximum atomic E-state index is 11.3. The molecule has 0 saturated carbocycles. The van der Waals surface area contributed by atoms with E-state index in [4.69, 9.17) is 21.6 Å². The van der Waals surface area contributed by atoms with Crippen LogP contribution in [0.1, 0.15) is 15.9 Å². The van der Waals surface area contributed by atoms with Crippen LogP contribution in [0.4, 0.5) is 0 Å². The lowest BCUT2D eigenvalue weighted by atomic mass is 10.1. The van der Waals surface area contributed by atoms with Gasteiger partial charge in [-0.1, -0.05) is 11.6 Å². The fourth-order valence-corrected chi connectivity index (χ4v) is 1.33. The van der Waals surface area contributed by atoms with Crippen molar-refractivity contribution in [1.82, 2.24) is 0 Å². The zero-order chi connectivity index (χ0) is 11.4. The number of nitriles is 1. The number of carbonyl (C=O) groups is 1. The number of halogens is 1. The fourth-order valence-electron chi connectivity index (χ4n) is 1.07. The molecule has 0 N–H and O–H groups in total. The number of hydrogen-bond acceptors (Lipinski definition) is 4. The molecule has 0 amide bonds. The average Bonchev–Trinajstić information content (AvgIpc) is 2.28. The Kier molecular flexibility index (Phi) is 3.53. The Morgan fingerprint density at radius 1 is 1.47 bits per heavy atom. The lowest BCUT2D eigenvalue weighted by molar-refractivity contribution is 0.0600. The number of esters is 1.